The lowest BCUT2D eigenvalue weighted by molar-refractivity contribution is 0.628. The minimum Gasteiger partial charge on any atom is -0.398 e. The summed E-state index contributed by atoms with van der Waals surface area (Å²) in [5.41, 5.74) is 12.6. The molecule has 2 aromatic heterocycles. The number of pyridine rings is 1. The van der Waals surface area contributed by atoms with E-state index in [4.69, 9.17) is 5.73 Å². The molecule has 4 heteroatoms. The third-order valence-electron chi connectivity index (χ3n) is 4.19. The van der Waals surface area contributed by atoms with Crippen LogP contribution in [0.2, 0.25) is 0 Å². The Labute approximate surface area is 145 Å². The zero-order valence-electron chi connectivity index (χ0n) is 13.4. The molecule has 0 saturated carbocycles. The van der Waals surface area contributed by atoms with Gasteiger partial charge in [0.2, 0.25) is 0 Å². The highest BCUT2D eigenvalue weighted by molar-refractivity contribution is 5.87. The number of anilines is 1. The van der Waals surface area contributed by atoms with Gasteiger partial charge in [0.05, 0.1) is 5.69 Å². The predicted octanol–water partition coefficient (Wildman–Crippen LogP) is 5.13. The number of hydrogen-bond acceptors (Lipinski definition) is 2. The highest BCUT2D eigenvalue weighted by atomic mass is 19.1. The van der Waals surface area contributed by atoms with Gasteiger partial charge in [-0.25, -0.2) is 4.39 Å². The van der Waals surface area contributed by atoms with Crippen LogP contribution >= 0.6 is 0 Å². The second kappa shape index (κ2) is 6.24. The average molecular weight is 329 g/mol. The van der Waals surface area contributed by atoms with Gasteiger partial charge in [0.15, 0.2) is 0 Å². The number of hydrogen-bond donors (Lipinski definition) is 2. The second-order valence-electron chi connectivity index (χ2n) is 5.80. The first kappa shape index (κ1) is 15.1. The molecule has 0 bridgehead atoms. The van der Waals surface area contributed by atoms with Gasteiger partial charge in [0, 0.05) is 40.5 Å². The first-order chi connectivity index (χ1) is 12.2. The molecule has 2 heterocycles. The van der Waals surface area contributed by atoms with Gasteiger partial charge in [-0.05, 0) is 42.0 Å². The lowest BCUT2D eigenvalue weighted by Crippen LogP contribution is -1.89. The van der Waals surface area contributed by atoms with Crippen molar-refractivity contribution < 1.29 is 4.39 Å². The molecule has 2 aromatic carbocycles. The van der Waals surface area contributed by atoms with Crippen molar-refractivity contribution in [2.24, 2.45) is 0 Å². The van der Waals surface area contributed by atoms with Gasteiger partial charge in [-0.2, -0.15) is 0 Å². The topological polar surface area (TPSA) is 54.7 Å². The van der Waals surface area contributed by atoms with Crippen LogP contribution in [-0.2, 0) is 0 Å². The van der Waals surface area contributed by atoms with E-state index in [1.807, 2.05) is 36.4 Å². The number of nitrogens with two attached hydrogens (primary N) is 1. The molecule has 0 aliphatic carbocycles. The van der Waals surface area contributed by atoms with E-state index in [2.05, 4.69) is 16.0 Å². The number of halogens is 1. The van der Waals surface area contributed by atoms with Crippen molar-refractivity contribution in [2.45, 2.75) is 0 Å². The predicted molar refractivity (Wildman–Crippen MR) is 99.3 cm³/mol. The van der Waals surface area contributed by atoms with Crippen LogP contribution in [0.5, 0.6) is 0 Å². The second-order valence-corrected chi connectivity index (χ2v) is 5.80. The Kier molecular flexibility index (Phi) is 3.78. The van der Waals surface area contributed by atoms with Crippen LogP contribution in [0.4, 0.5) is 10.1 Å². The van der Waals surface area contributed by atoms with Crippen molar-refractivity contribution in [2.75, 3.05) is 5.73 Å². The van der Waals surface area contributed by atoms with Crippen LogP contribution in [0.25, 0.3) is 33.6 Å². The fourth-order valence-corrected chi connectivity index (χ4v) is 2.95. The summed E-state index contributed by atoms with van der Waals surface area (Å²) in [5, 5.41) is 0. The molecule has 25 heavy (non-hydrogen) atoms. The van der Waals surface area contributed by atoms with Crippen LogP contribution in [0.1, 0.15) is 0 Å². The van der Waals surface area contributed by atoms with E-state index >= 15 is 0 Å². The number of nitrogens with one attached hydrogen (secondary N) is 1. The van der Waals surface area contributed by atoms with E-state index < -0.39 is 0 Å². The monoisotopic (exact) mass is 329 g/mol. The van der Waals surface area contributed by atoms with E-state index in [1.54, 1.807) is 24.5 Å². The Balaban J connectivity index is 1.92. The number of rotatable bonds is 3. The number of aromatic amines is 1. The molecule has 0 fully saturated rings. The SMILES string of the molecule is Nc1ccccc1-c1cc(-c2ccc(F)cc2)c(-c2ccncc2)[nH]1. The molecule has 0 radical (unpaired) electrons. The first-order valence-electron chi connectivity index (χ1n) is 7.96. The van der Waals surface area contributed by atoms with Gasteiger partial charge in [-0.3, -0.25) is 4.98 Å². The van der Waals surface area contributed by atoms with E-state index in [0.717, 1.165) is 33.6 Å². The van der Waals surface area contributed by atoms with Crippen molar-refractivity contribution in [1.29, 1.82) is 0 Å². The van der Waals surface area contributed by atoms with E-state index in [9.17, 15) is 4.39 Å². The van der Waals surface area contributed by atoms with E-state index in [0.29, 0.717) is 5.69 Å². The fourth-order valence-electron chi connectivity index (χ4n) is 2.95. The Morgan fingerprint density at radius 1 is 0.800 bits per heavy atom. The van der Waals surface area contributed by atoms with Crippen LogP contribution < -0.4 is 5.73 Å². The van der Waals surface area contributed by atoms with Gasteiger partial charge in [-0.1, -0.05) is 30.3 Å². The van der Waals surface area contributed by atoms with E-state index in [1.165, 1.54) is 12.1 Å². The summed E-state index contributed by atoms with van der Waals surface area (Å²) in [4.78, 5) is 7.55. The van der Waals surface area contributed by atoms with Crippen LogP contribution in [-0.4, -0.2) is 9.97 Å². The molecule has 4 aromatic rings. The van der Waals surface area contributed by atoms with Crippen molar-refractivity contribution in [1.82, 2.24) is 9.97 Å². The Hall–Kier alpha value is -3.40. The molecule has 0 aliphatic heterocycles. The molecular weight excluding hydrogens is 313 g/mol. The maximum atomic E-state index is 13.3. The standard InChI is InChI=1S/C21H16FN3/c22-16-7-5-14(6-8-16)18-13-20(17-3-1-2-4-19(17)23)25-21(18)15-9-11-24-12-10-15/h1-13,25H,23H2. The summed E-state index contributed by atoms with van der Waals surface area (Å²) >= 11 is 0. The summed E-state index contributed by atoms with van der Waals surface area (Å²) in [5.74, 6) is -0.253. The fraction of sp³-hybridized carbons (Fsp3) is 0. The maximum absolute atomic E-state index is 13.3. The zero-order chi connectivity index (χ0) is 17.2. The number of nitrogen functional groups attached to an aromatic ring is 1. The van der Waals surface area contributed by atoms with Gasteiger partial charge in [0.1, 0.15) is 5.82 Å². The number of nitrogens with zero attached hydrogens (tertiary/aromatic N) is 1. The molecule has 0 unspecified atom stereocenters. The average Bonchev–Trinajstić information content (AvgIpc) is 3.08. The highest BCUT2D eigenvalue weighted by Crippen LogP contribution is 2.37. The Bertz CT molecular complexity index is 1010. The van der Waals surface area contributed by atoms with Crippen molar-refractivity contribution in [3.8, 4) is 33.6 Å². The minimum absolute atomic E-state index is 0.253. The van der Waals surface area contributed by atoms with Crippen molar-refractivity contribution in [3.05, 3.63) is 84.9 Å². The molecule has 0 aliphatic rings. The number of aromatic nitrogens is 2. The number of benzene rings is 2. The summed E-state index contributed by atoms with van der Waals surface area (Å²) in [7, 11) is 0. The maximum Gasteiger partial charge on any atom is 0.123 e. The lowest BCUT2D eigenvalue weighted by atomic mass is 10.0. The largest absolute Gasteiger partial charge is 0.398 e. The van der Waals surface area contributed by atoms with Crippen molar-refractivity contribution >= 4 is 5.69 Å². The molecule has 3 nitrogen and oxygen atoms in total. The van der Waals surface area contributed by atoms with Gasteiger partial charge < -0.3 is 10.7 Å². The summed E-state index contributed by atoms with van der Waals surface area (Å²) in [6, 6.07) is 20.1. The van der Waals surface area contributed by atoms with Gasteiger partial charge >= 0.3 is 0 Å². The van der Waals surface area contributed by atoms with Crippen molar-refractivity contribution in [3.63, 3.8) is 0 Å². The number of para-hydroxylation sites is 1. The van der Waals surface area contributed by atoms with Gasteiger partial charge in [-0.15, -0.1) is 0 Å². The highest BCUT2D eigenvalue weighted by Gasteiger charge is 2.14. The molecule has 0 spiro atoms. The Morgan fingerprint density at radius 2 is 1.52 bits per heavy atom. The summed E-state index contributed by atoms with van der Waals surface area (Å²) in [6.07, 6.45) is 3.50. The minimum atomic E-state index is -0.253. The third kappa shape index (κ3) is 2.90. The zero-order valence-corrected chi connectivity index (χ0v) is 13.4. The number of H-pyrrole nitrogens is 1. The molecule has 3 N–H and O–H groups in total. The third-order valence-corrected chi connectivity index (χ3v) is 4.19. The van der Waals surface area contributed by atoms with E-state index in [-0.39, 0.29) is 5.82 Å². The molecular formula is C21H16FN3. The van der Waals surface area contributed by atoms with Crippen LogP contribution in [0.15, 0.2) is 79.1 Å². The molecule has 0 atom stereocenters. The van der Waals surface area contributed by atoms with Gasteiger partial charge in [0.25, 0.3) is 0 Å². The van der Waals surface area contributed by atoms with Crippen LogP contribution in [0, 0.1) is 5.82 Å². The quantitative estimate of drug-likeness (QED) is 0.512. The summed E-state index contributed by atoms with van der Waals surface area (Å²) < 4.78 is 13.3. The lowest BCUT2D eigenvalue weighted by Gasteiger charge is -2.04. The molecule has 4 rings (SSSR count). The molecule has 0 amide bonds. The Morgan fingerprint density at radius 3 is 2.24 bits per heavy atom. The normalized spacial score (nSPS) is 10.8. The first-order valence-corrected chi connectivity index (χ1v) is 7.96. The summed E-state index contributed by atoms with van der Waals surface area (Å²) in [6.45, 7) is 0. The smallest absolute Gasteiger partial charge is 0.123 e. The molecule has 0 saturated heterocycles. The van der Waals surface area contributed by atoms with Crippen LogP contribution in [0.3, 0.4) is 0 Å². The molecule has 122 valence electrons.